The third-order valence-electron chi connectivity index (χ3n) is 4.67. The molecule has 2 aromatic rings. The van der Waals surface area contributed by atoms with Crippen LogP contribution in [0.3, 0.4) is 0 Å². The number of nitrogens with one attached hydrogen (secondary N) is 2. The summed E-state index contributed by atoms with van der Waals surface area (Å²) in [6.45, 7) is 2.79. The highest BCUT2D eigenvalue weighted by Gasteiger charge is 2.20. The highest BCUT2D eigenvalue weighted by Crippen LogP contribution is 2.24. The quantitative estimate of drug-likeness (QED) is 0.326. The van der Waals surface area contributed by atoms with Gasteiger partial charge >= 0.3 is 0 Å². The molecule has 0 amide bonds. The summed E-state index contributed by atoms with van der Waals surface area (Å²) in [5, 5.41) is 10.3. The summed E-state index contributed by atoms with van der Waals surface area (Å²) in [7, 11) is 0.920. The molecule has 0 aliphatic carbocycles. The maximum Gasteiger partial charge on any atom is 0.191 e. The van der Waals surface area contributed by atoms with Gasteiger partial charge in [-0.2, -0.15) is 0 Å². The molecule has 5 nitrogen and oxygen atoms in total. The zero-order chi connectivity index (χ0) is 18.9. The molecule has 2 N–H and O–H groups in total. The minimum absolute atomic E-state index is 0. The van der Waals surface area contributed by atoms with Gasteiger partial charge in [0.25, 0.3) is 0 Å². The monoisotopic (exact) mass is 532 g/mol. The highest BCUT2D eigenvalue weighted by atomic mass is 127. The number of hydrogen-bond donors (Lipinski definition) is 2. The van der Waals surface area contributed by atoms with E-state index in [2.05, 4.69) is 38.0 Å². The van der Waals surface area contributed by atoms with Gasteiger partial charge in [-0.05, 0) is 35.9 Å². The number of piperidine rings is 1. The topological polar surface area (TPSA) is 56.7 Å². The van der Waals surface area contributed by atoms with Gasteiger partial charge in [-0.3, -0.25) is 9.20 Å². The van der Waals surface area contributed by atoms with Crippen molar-refractivity contribution in [1.29, 1.82) is 0 Å². The van der Waals surface area contributed by atoms with Crippen LogP contribution in [0.4, 0.5) is 5.00 Å². The molecule has 1 atom stereocenters. The van der Waals surface area contributed by atoms with E-state index in [0.717, 1.165) is 37.5 Å². The van der Waals surface area contributed by atoms with Crippen molar-refractivity contribution in [2.75, 3.05) is 37.3 Å². The van der Waals surface area contributed by atoms with E-state index >= 15 is 0 Å². The standard InChI is InChI=1S/C20H28N4OS2.HI/c1-21-20(22-11-15-27(25)16-17-6-3-2-4-7-17)23-18-9-12-24(13-10-18)19-8-5-14-26-19;/h2-8,14,18H,9-13,15-16H2,1H3,(H2,21,22,23);1H. The average molecular weight is 533 g/mol. The molecule has 0 radical (unpaired) electrons. The van der Waals surface area contributed by atoms with Gasteiger partial charge in [0.2, 0.25) is 0 Å². The van der Waals surface area contributed by atoms with E-state index in [9.17, 15) is 4.21 Å². The van der Waals surface area contributed by atoms with E-state index in [4.69, 9.17) is 0 Å². The number of halogens is 1. The summed E-state index contributed by atoms with van der Waals surface area (Å²) in [4.78, 5) is 6.77. The van der Waals surface area contributed by atoms with Crippen LogP contribution in [0.2, 0.25) is 0 Å². The van der Waals surface area contributed by atoms with E-state index in [1.807, 2.05) is 30.3 Å². The molecule has 0 bridgehead atoms. The Morgan fingerprint density at radius 3 is 2.61 bits per heavy atom. The van der Waals surface area contributed by atoms with E-state index in [-0.39, 0.29) is 24.0 Å². The molecule has 1 aliphatic heterocycles. The zero-order valence-electron chi connectivity index (χ0n) is 16.2. The van der Waals surface area contributed by atoms with Crippen LogP contribution in [0.5, 0.6) is 0 Å². The van der Waals surface area contributed by atoms with Gasteiger partial charge in [0, 0.05) is 55.0 Å². The van der Waals surface area contributed by atoms with Crippen LogP contribution in [0.15, 0.2) is 52.8 Å². The first-order valence-electron chi connectivity index (χ1n) is 9.39. The van der Waals surface area contributed by atoms with Crippen LogP contribution < -0.4 is 15.5 Å². The van der Waals surface area contributed by atoms with Gasteiger partial charge in [0.15, 0.2) is 5.96 Å². The predicted molar refractivity (Wildman–Crippen MR) is 133 cm³/mol. The molecule has 0 spiro atoms. The lowest BCUT2D eigenvalue weighted by atomic mass is 10.1. The third-order valence-corrected chi connectivity index (χ3v) is 6.91. The fraction of sp³-hybridized carbons (Fsp3) is 0.450. The van der Waals surface area contributed by atoms with Gasteiger partial charge in [0.1, 0.15) is 0 Å². The summed E-state index contributed by atoms with van der Waals surface area (Å²) < 4.78 is 12.2. The fourth-order valence-corrected chi connectivity index (χ4v) is 5.02. The first kappa shape index (κ1) is 23.2. The first-order chi connectivity index (χ1) is 13.2. The molecule has 1 unspecified atom stereocenters. The van der Waals surface area contributed by atoms with Crippen molar-refractivity contribution in [3.05, 3.63) is 53.4 Å². The van der Waals surface area contributed by atoms with Crippen molar-refractivity contribution >= 4 is 57.1 Å². The lowest BCUT2D eigenvalue weighted by Crippen LogP contribution is -2.49. The van der Waals surface area contributed by atoms with Crippen molar-refractivity contribution in [1.82, 2.24) is 10.6 Å². The maximum atomic E-state index is 12.2. The number of aliphatic imine (C=N–C) groups is 1. The molecule has 28 heavy (non-hydrogen) atoms. The van der Waals surface area contributed by atoms with Crippen molar-refractivity contribution in [3.63, 3.8) is 0 Å². The number of benzene rings is 1. The van der Waals surface area contributed by atoms with Crippen LogP contribution >= 0.6 is 35.3 Å². The maximum absolute atomic E-state index is 12.2. The summed E-state index contributed by atoms with van der Waals surface area (Å²) in [5.74, 6) is 2.03. The van der Waals surface area contributed by atoms with Gasteiger partial charge in [-0.25, -0.2) is 0 Å². The summed E-state index contributed by atoms with van der Waals surface area (Å²) in [6.07, 6.45) is 2.19. The second-order valence-corrected chi connectivity index (χ2v) is 9.13. The number of guanidine groups is 1. The molecular weight excluding hydrogens is 503 g/mol. The van der Waals surface area contributed by atoms with Crippen molar-refractivity contribution < 1.29 is 4.21 Å². The van der Waals surface area contributed by atoms with Gasteiger partial charge in [-0.1, -0.05) is 30.3 Å². The second-order valence-electron chi connectivity index (χ2n) is 6.63. The summed E-state index contributed by atoms with van der Waals surface area (Å²) in [6, 6.07) is 14.7. The molecule has 1 aromatic heterocycles. The van der Waals surface area contributed by atoms with Crippen molar-refractivity contribution in [2.24, 2.45) is 4.99 Å². The summed E-state index contributed by atoms with van der Waals surface area (Å²) in [5.41, 5.74) is 1.12. The van der Waals surface area contributed by atoms with Gasteiger partial charge < -0.3 is 15.5 Å². The van der Waals surface area contributed by atoms with Crippen LogP contribution in [-0.4, -0.2) is 48.6 Å². The third kappa shape index (κ3) is 7.36. The molecular formula is C20H29IN4OS2. The Kier molecular flexibility index (Phi) is 10.3. The smallest absolute Gasteiger partial charge is 0.191 e. The Bertz CT molecular complexity index is 732. The van der Waals surface area contributed by atoms with E-state index < -0.39 is 10.8 Å². The van der Waals surface area contributed by atoms with Crippen LogP contribution in [0.1, 0.15) is 18.4 Å². The summed E-state index contributed by atoms with van der Waals surface area (Å²) >= 11 is 1.80. The Labute approximate surface area is 191 Å². The minimum Gasteiger partial charge on any atom is -0.363 e. The Morgan fingerprint density at radius 1 is 1.21 bits per heavy atom. The molecule has 154 valence electrons. The minimum atomic E-state index is -0.869. The van der Waals surface area contributed by atoms with Gasteiger partial charge in [0.05, 0.1) is 5.00 Å². The lowest BCUT2D eigenvalue weighted by Gasteiger charge is -2.33. The van der Waals surface area contributed by atoms with Crippen LogP contribution in [0, 0.1) is 0 Å². The van der Waals surface area contributed by atoms with Gasteiger partial charge in [-0.15, -0.1) is 35.3 Å². The first-order valence-corrected chi connectivity index (χ1v) is 11.8. The van der Waals surface area contributed by atoms with Crippen molar-refractivity contribution in [2.45, 2.75) is 24.6 Å². The Balaban J connectivity index is 0.00000280. The van der Waals surface area contributed by atoms with E-state index in [1.165, 1.54) is 5.00 Å². The van der Waals surface area contributed by atoms with E-state index in [0.29, 0.717) is 24.1 Å². The van der Waals surface area contributed by atoms with Crippen LogP contribution in [0.25, 0.3) is 0 Å². The predicted octanol–water partition coefficient (Wildman–Crippen LogP) is 3.45. The normalized spacial score (nSPS) is 16.3. The lowest BCUT2D eigenvalue weighted by molar-refractivity contribution is 0.463. The molecule has 1 fully saturated rings. The number of nitrogens with zero attached hydrogens (tertiary/aromatic N) is 2. The molecule has 2 heterocycles. The number of thiophene rings is 1. The molecule has 1 aromatic carbocycles. The highest BCUT2D eigenvalue weighted by molar-refractivity contribution is 14.0. The number of anilines is 1. The zero-order valence-corrected chi connectivity index (χ0v) is 20.1. The molecule has 0 saturated carbocycles. The Hall–Kier alpha value is -1.13. The largest absolute Gasteiger partial charge is 0.363 e. The molecule has 3 rings (SSSR count). The second kappa shape index (κ2) is 12.4. The number of hydrogen-bond acceptors (Lipinski definition) is 4. The Morgan fingerprint density at radius 2 is 1.96 bits per heavy atom. The number of rotatable bonds is 7. The molecule has 8 heteroatoms. The molecule has 1 saturated heterocycles. The van der Waals surface area contributed by atoms with Crippen LogP contribution in [-0.2, 0) is 16.6 Å². The SMILES string of the molecule is CN=C(NCCS(=O)Cc1ccccc1)NC1CCN(c2cccs2)CC1.I. The fourth-order valence-electron chi connectivity index (χ4n) is 3.20. The van der Waals surface area contributed by atoms with Crippen molar-refractivity contribution in [3.8, 4) is 0 Å². The average Bonchev–Trinajstić information content (AvgIpc) is 3.23. The van der Waals surface area contributed by atoms with E-state index in [1.54, 1.807) is 18.4 Å². The molecule has 1 aliphatic rings.